The fraction of sp³-hybridized carbons (Fsp3) is 0.385. The summed E-state index contributed by atoms with van der Waals surface area (Å²) in [5.74, 6) is -3.21. The second kappa shape index (κ2) is 6.30. The molecular weight excluding hydrogens is 336 g/mol. The van der Waals surface area contributed by atoms with E-state index >= 15 is 0 Å². The third-order valence-corrected chi connectivity index (χ3v) is 3.16. The highest BCUT2D eigenvalue weighted by Crippen LogP contribution is 2.27. The molecular formula is C13H14BrF2NO3. The Balaban J connectivity index is 2.77. The average molecular weight is 350 g/mol. The monoisotopic (exact) mass is 349 g/mol. The molecule has 0 unspecified atom stereocenters. The number of nitrogens with one attached hydrogen (secondary N) is 1. The van der Waals surface area contributed by atoms with Crippen LogP contribution in [0.1, 0.15) is 26.7 Å². The number of carboxylic acid groups (broad SMARTS) is 1. The minimum Gasteiger partial charge on any atom is -0.481 e. The van der Waals surface area contributed by atoms with Crippen molar-refractivity contribution in [2.45, 2.75) is 26.7 Å². The van der Waals surface area contributed by atoms with Gasteiger partial charge in [-0.15, -0.1) is 0 Å². The Morgan fingerprint density at radius 3 is 2.40 bits per heavy atom. The molecule has 0 radical (unpaired) electrons. The molecule has 0 saturated heterocycles. The van der Waals surface area contributed by atoms with E-state index in [9.17, 15) is 18.4 Å². The maximum absolute atomic E-state index is 13.5. The topological polar surface area (TPSA) is 66.4 Å². The molecule has 110 valence electrons. The molecule has 1 aromatic carbocycles. The zero-order valence-electron chi connectivity index (χ0n) is 11.0. The summed E-state index contributed by atoms with van der Waals surface area (Å²) >= 11 is 2.89. The molecule has 1 rings (SSSR count). The van der Waals surface area contributed by atoms with Crippen LogP contribution >= 0.6 is 15.9 Å². The van der Waals surface area contributed by atoms with Crippen LogP contribution < -0.4 is 5.32 Å². The molecule has 20 heavy (non-hydrogen) atoms. The van der Waals surface area contributed by atoms with Crippen LogP contribution in [0.15, 0.2) is 16.6 Å². The van der Waals surface area contributed by atoms with E-state index in [0.29, 0.717) is 6.07 Å². The van der Waals surface area contributed by atoms with Crippen molar-refractivity contribution in [1.29, 1.82) is 0 Å². The summed E-state index contributed by atoms with van der Waals surface area (Å²) in [5.41, 5.74) is -0.918. The van der Waals surface area contributed by atoms with Gasteiger partial charge >= 0.3 is 5.97 Å². The van der Waals surface area contributed by atoms with Gasteiger partial charge in [-0.1, -0.05) is 13.8 Å². The Morgan fingerprint density at radius 1 is 1.25 bits per heavy atom. The van der Waals surface area contributed by atoms with Crippen LogP contribution in [-0.4, -0.2) is 17.0 Å². The van der Waals surface area contributed by atoms with Crippen LogP contribution in [0.25, 0.3) is 0 Å². The number of halogens is 3. The fourth-order valence-corrected chi connectivity index (χ4v) is 2.06. The van der Waals surface area contributed by atoms with Crippen molar-refractivity contribution in [3.05, 3.63) is 28.2 Å². The van der Waals surface area contributed by atoms with E-state index in [-0.39, 0.29) is 23.0 Å². The van der Waals surface area contributed by atoms with Crippen LogP contribution in [-0.2, 0) is 9.59 Å². The minimum atomic E-state index is -1.02. The lowest BCUT2D eigenvalue weighted by molar-refractivity contribution is -0.139. The number of amides is 1. The lowest BCUT2D eigenvalue weighted by Crippen LogP contribution is -2.25. The zero-order valence-corrected chi connectivity index (χ0v) is 12.6. The molecule has 1 aromatic rings. The molecule has 2 N–H and O–H groups in total. The highest BCUT2D eigenvalue weighted by atomic mass is 79.9. The van der Waals surface area contributed by atoms with Gasteiger partial charge in [0.2, 0.25) is 5.91 Å². The van der Waals surface area contributed by atoms with Gasteiger partial charge in [0.15, 0.2) is 0 Å². The molecule has 4 nitrogen and oxygen atoms in total. The summed E-state index contributed by atoms with van der Waals surface area (Å²) < 4.78 is 26.5. The maximum Gasteiger partial charge on any atom is 0.303 e. The molecule has 0 bridgehead atoms. The first-order valence-corrected chi connectivity index (χ1v) is 6.56. The molecule has 7 heteroatoms. The minimum absolute atomic E-state index is 0.0268. The quantitative estimate of drug-likeness (QED) is 0.798. The highest BCUT2D eigenvalue weighted by molar-refractivity contribution is 9.10. The molecule has 1 amide bonds. The largest absolute Gasteiger partial charge is 0.481 e. The van der Waals surface area contributed by atoms with E-state index in [2.05, 4.69) is 21.2 Å². The molecule has 0 saturated carbocycles. The number of hydrogen-bond acceptors (Lipinski definition) is 2. The fourth-order valence-electron chi connectivity index (χ4n) is 1.72. The van der Waals surface area contributed by atoms with Gasteiger partial charge in [-0.3, -0.25) is 9.59 Å². The first-order chi connectivity index (χ1) is 9.10. The smallest absolute Gasteiger partial charge is 0.303 e. The van der Waals surface area contributed by atoms with Crippen molar-refractivity contribution >= 4 is 33.5 Å². The Kier molecular flexibility index (Phi) is 5.21. The van der Waals surface area contributed by atoms with E-state index in [0.717, 1.165) is 6.07 Å². The van der Waals surface area contributed by atoms with Crippen LogP contribution in [0.5, 0.6) is 0 Å². The lowest BCUT2D eigenvalue weighted by atomic mass is 9.85. The number of anilines is 1. The number of benzene rings is 1. The molecule has 0 aliphatic heterocycles. The average Bonchev–Trinajstić information content (AvgIpc) is 2.22. The van der Waals surface area contributed by atoms with Gasteiger partial charge in [-0.05, 0) is 27.4 Å². The summed E-state index contributed by atoms with van der Waals surface area (Å²) in [5, 5.41) is 11.0. The van der Waals surface area contributed by atoms with Gasteiger partial charge in [-0.25, -0.2) is 8.78 Å². The first kappa shape index (κ1) is 16.6. The van der Waals surface area contributed by atoms with Gasteiger partial charge in [0.05, 0.1) is 16.6 Å². The maximum atomic E-state index is 13.5. The van der Waals surface area contributed by atoms with Gasteiger partial charge in [0.1, 0.15) is 11.6 Å². The van der Waals surface area contributed by atoms with Crippen LogP contribution in [0.2, 0.25) is 0 Å². The van der Waals surface area contributed by atoms with Crippen LogP contribution in [0.4, 0.5) is 14.5 Å². The van der Waals surface area contributed by atoms with E-state index in [1.807, 2.05) is 0 Å². The summed E-state index contributed by atoms with van der Waals surface area (Å²) in [6, 6.07) is 1.77. The lowest BCUT2D eigenvalue weighted by Gasteiger charge is -2.21. The van der Waals surface area contributed by atoms with Crippen LogP contribution in [0, 0.1) is 17.0 Å². The number of carbonyl (C=O) groups excluding carboxylic acids is 1. The van der Waals surface area contributed by atoms with E-state index < -0.39 is 28.9 Å². The van der Waals surface area contributed by atoms with E-state index in [4.69, 9.17) is 5.11 Å². The molecule has 0 atom stereocenters. The zero-order chi connectivity index (χ0) is 15.5. The van der Waals surface area contributed by atoms with Crippen molar-refractivity contribution in [3.63, 3.8) is 0 Å². The molecule has 0 aromatic heterocycles. The third kappa shape index (κ3) is 4.88. The van der Waals surface area contributed by atoms with E-state index in [1.54, 1.807) is 13.8 Å². The predicted molar refractivity (Wildman–Crippen MR) is 73.3 cm³/mol. The van der Waals surface area contributed by atoms with Crippen molar-refractivity contribution < 1.29 is 23.5 Å². The number of rotatable bonds is 5. The second-order valence-corrected chi connectivity index (χ2v) is 6.06. The predicted octanol–water partition coefficient (Wildman–Crippen LogP) is 3.56. The van der Waals surface area contributed by atoms with Crippen molar-refractivity contribution in [2.24, 2.45) is 5.41 Å². The van der Waals surface area contributed by atoms with Gasteiger partial charge < -0.3 is 10.4 Å². The molecule has 0 aliphatic rings. The second-order valence-electron chi connectivity index (χ2n) is 5.21. The normalized spacial score (nSPS) is 11.2. The number of hydrogen-bond donors (Lipinski definition) is 2. The molecule has 0 heterocycles. The van der Waals surface area contributed by atoms with Crippen LogP contribution in [0.3, 0.4) is 0 Å². The molecule has 0 aliphatic carbocycles. The van der Waals surface area contributed by atoms with Crippen molar-refractivity contribution in [2.75, 3.05) is 5.32 Å². The Morgan fingerprint density at radius 2 is 1.85 bits per heavy atom. The number of carboxylic acids is 1. The first-order valence-electron chi connectivity index (χ1n) is 5.77. The van der Waals surface area contributed by atoms with Gasteiger partial charge in [0, 0.05) is 12.5 Å². The Bertz CT molecular complexity index is 547. The number of aliphatic carboxylic acids is 1. The van der Waals surface area contributed by atoms with Gasteiger partial charge in [-0.2, -0.15) is 0 Å². The summed E-state index contributed by atoms with van der Waals surface area (Å²) in [4.78, 5) is 22.4. The molecule has 0 fully saturated rings. The summed E-state index contributed by atoms with van der Waals surface area (Å²) in [7, 11) is 0. The van der Waals surface area contributed by atoms with E-state index in [1.165, 1.54) is 0 Å². The summed E-state index contributed by atoms with van der Waals surface area (Å²) in [6.45, 7) is 3.25. The number of carbonyl (C=O) groups is 2. The highest BCUT2D eigenvalue weighted by Gasteiger charge is 2.25. The Labute approximate surface area is 123 Å². The standard InChI is InChI=1S/C13H14BrF2NO3/c1-13(2,6-12(19)20)5-11(18)17-10-3-7(14)8(15)4-9(10)16/h3-4H,5-6H2,1-2H3,(H,17,18)(H,19,20). The SMILES string of the molecule is CC(C)(CC(=O)O)CC(=O)Nc1cc(Br)c(F)cc1F. The van der Waals surface area contributed by atoms with Crippen molar-refractivity contribution in [1.82, 2.24) is 0 Å². The van der Waals surface area contributed by atoms with Gasteiger partial charge in [0.25, 0.3) is 0 Å². The Hall–Kier alpha value is -1.50. The molecule has 0 spiro atoms. The third-order valence-electron chi connectivity index (χ3n) is 2.55. The van der Waals surface area contributed by atoms with Crippen molar-refractivity contribution in [3.8, 4) is 0 Å². The summed E-state index contributed by atoms with van der Waals surface area (Å²) in [6.07, 6.45) is -0.274.